The lowest BCUT2D eigenvalue weighted by Crippen LogP contribution is -2.52. The summed E-state index contributed by atoms with van der Waals surface area (Å²) in [4.78, 5) is 66.6. The summed E-state index contributed by atoms with van der Waals surface area (Å²) in [5, 5.41) is 1.89. The number of ketones is 1. The maximum absolute atomic E-state index is 13.7. The Balaban J connectivity index is 1.24. The number of Topliss-reactive ketones (excluding diaryl/α,β-unsaturated/α-hetero) is 1. The van der Waals surface area contributed by atoms with E-state index in [-0.39, 0.29) is 33.7 Å². The number of ether oxygens (including phenoxy) is 1. The fourth-order valence-electron chi connectivity index (χ4n) is 5.82. The molecule has 3 amide bonds. The lowest BCUT2D eigenvalue weighted by molar-refractivity contribution is -0.154. The molecule has 0 unspecified atom stereocenters. The van der Waals surface area contributed by atoms with Crippen LogP contribution in [0.2, 0.25) is 5.02 Å². The fraction of sp³-hybridized carbons (Fsp3) is 0.194. The summed E-state index contributed by atoms with van der Waals surface area (Å²) in [6.07, 6.45) is 4.64. The Hall–Kier alpha value is -4.08. The van der Waals surface area contributed by atoms with Crippen molar-refractivity contribution in [1.82, 2.24) is 10.0 Å². The second-order valence-corrected chi connectivity index (χ2v) is 11.5. The van der Waals surface area contributed by atoms with Crippen LogP contribution in [0.5, 0.6) is 5.75 Å². The number of nitrogens with zero attached hydrogens (tertiary/aromatic N) is 2. The van der Waals surface area contributed by atoms with E-state index in [1.807, 2.05) is 12.2 Å². The van der Waals surface area contributed by atoms with E-state index in [2.05, 4.69) is 15.9 Å². The average molecular weight is 634 g/mol. The molecule has 2 bridgehead atoms. The van der Waals surface area contributed by atoms with Gasteiger partial charge in [0.25, 0.3) is 17.7 Å². The van der Waals surface area contributed by atoms with Crippen LogP contribution in [0.15, 0.2) is 89.4 Å². The number of allylic oxidation sites excluding steroid dienone is 2. The molecule has 0 N–H and O–H groups in total. The molecule has 0 aromatic heterocycles. The van der Waals surface area contributed by atoms with Gasteiger partial charge in [-0.05, 0) is 78.9 Å². The highest BCUT2D eigenvalue weighted by atomic mass is 79.9. The smallest absolute Gasteiger partial charge is 0.343 e. The highest BCUT2D eigenvalue weighted by Gasteiger charge is 2.61. The topological polar surface area (TPSA) is 101 Å². The molecule has 2 aliphatic carbocycles. The number of carbonyl (C=O) groups excluding carboxylic acids is 5. The molecule has 0 spiro atoms. The first-order chi connectivity index (χ1) is 19.7. The first-order valence-electron chi connectivity index (χ1n) is 13.0. The lowest BCUT2D eigenvalue weighted by atomic mass is 9.85. The zero-order valence-corrected chi connectivity index (χ0v) is 23.7. The highest BCUT2D eigenvalue weighted by molar-refractivity contribution is 9.10. The highest BCUT2D eigenvalue weighted by Crippen LogP contribution is 2.52. The summed E-state index contributed by atoms with van der Waals surface area (Å²) in [5.74, 6) is -3.78. The molecule has 6 rings (SSSR count). The van der Waals surface area contributed by atoms with Crippen LogP contribution in [0.25, 0.3) is 0 Å². The molecule has 1 saturated heterocycles. The minimum Gasteiger partial charge on any atom is -0.423 e. The van der Waals surface area contributed by atoms with Crippen molar-refractivity contribution in [2.45, 2.75) is 6.42 Å². The molecular formula is C31H22BrClN2O6. The van der Waals surface area contributed by atoms with Gasteiger partial charge in [-0.15, -0.1) is 0 Å². The Morgan fingerprint density at radius 3 is 2.05 bits per heavy atom. The van der Waals surface area contributed by atoms with Crippen molar-refractivity contribution in [3.05, 3.63) is 111 Å². The van der Waals surface area contributed by atoms with Gasteiger partial charge >= 0.3 is 5.97 Å². The first kappa shape index (κ1) is 27.1. The molecule has 1 aliphatic heterocycles. The number of benzene rings is 3. The second kappa shape index (κ2) is 10.7. The predicted octanol–water partition coefficient (Wildman–Crippen LogP) is 5.37. The van der Waals surface area contributed by atoms with Gasteiger partial charge in [-0.3, -0.25) is 19.2 Å². The van der Waals surface area contributed by atoms with E-state index >= 15 is 0 Å². The quantitative estimate of drug-likeness (QED) is 0.114. The summed E-state index contributed by atoms with van der Waals surface area (Å²) < 4.78 is 6.22. The van der Waals surface area contributed by atoms with Crippen LogP contribution in [-0.4, -0.2) is 46.0 Å². The molecule has 0 radical (unpaired) electrons. The van der Waals surface area contributed by atoms with Crippen molar-refractivity contribution in [1.29, 1.82) is 0 Å². The van der Waals surface area contributed by atoms with E-state index in [0.717, 1.165) is 20.9 Å². The number of hydrogen-bond donors (Lipinski definition) is 0. The second-order valence-electron chi connectivity index (χ2n) is 10.2. The third kappa shape index (κ3) is 4.89. The number of fused-ring (bicyclic) bond motifs is 5. The van der Waals surface area contributed by atoms with Crippen molar-refractivity contribution in [2.75, 3.05) is 6.54 Å². The van der Waals surface area contributed by atoms with Crippen molar-refractivity contribution in [3.63, 3.8) is 0 Å². The predicted molar refractivity (Wildman–Crippen MR) is 152 cm³/mol. The standard InChI is InChI=1S/C31H22BrClN2O6/c32-21-11-7-18(8-12-21)31(40)41-22-13-9-17(10-14-22)25(36)16-34(28(37)23-3-1-2-4-24(23)33)35-29(38)26-19-5-6-20(15-19)27(26)30(35)39/h1-14,19-20,26-27H,15-16H2/t19-,20-,26+,27+/m0/s1. The summed E-state index contributed by atoms with van der Waals surface area (Å²) in [5.41, 5.74) is 0.623. The molecule has 206 valence electrons. The summed E-state index contributed by atoms with van der Waals surface area (Å²) in [7, 11) is 0. The largest absolute Gasteiger partial charge is 0.423 e. The van der Waals surface area contributed by atoms with E-state index in [1.54, 1.807) is 36.4 Å². The Morgan fingerprint density at radius 2 is 1.44 bits per heavy atom. The molecule has 3 aromatic rings. The minimum atomic E-state index is -0.731. The Labute approximate surface area is 248 Å². The Kier molecular flexibility index (Phi) is 7.09. The van der Waals surface area contributed by atoms with Crippen LogP contribution in [0, 0.1) is 23.7 Å². The molecule has 3 aliphatic rings. The van der Waals surface area contributed by atoms with E-state index in [4.69, 9.17) is 16.3 Å². The molecule has 8 nitrogen and oxygen atoms in total. The lowest BCUT2D eigenvalue weighted by Gasteiger charge is -2.31. The number of halogens is 2. The van der Waals surface area contributed by atoms with Crippen LogP contribution >= 0.6 is 27.5 Å². The molecular weight excluding hydrogens is 612 g/mol. The number of esters is 1. The molecule has 41 heavy (non-hydrogen) atoms. The number of hydrazine groups is 1. The van der Waals surface area contributed by atoms with Gasteiger partial charge in [0.05, 0.1) is 28.0 Å². The Morgan fingerprint density at radius 1 is 0.854 bits per heavy atom. The number of rotatable bonds is 7. The van der Waals surface area contributed by atoms with Gasteiger partial charge in [-0.2, -0.15) is 5.01 Å². The molecule has 1 heterocycles. The number of carbonyl (C=O) groups is 5. The van der Waals surface area contributed by atoms with Gasteiger partial charge in [-0.25, -0.2) is 9.80 Å². The molecule has 4 atom stereocenters. The summed E-state index contributed by atoms with van der Waals surface area (Å²) in [6.45, 7) is -0.568. The Bertz CT molecular complexity index is 1590. The van der Waals surface area contributed by atoms with Gasteiger partial charge in [0.2, 0.25) is 0 Å². The number of hydrogen-bond acceptors (Lipinski definition) is 6. The van der Waals surface area contributed by atoms with Crippen molar-refractivity contribution in [2.24, 2.45) is 23.7 Å². The van der Waals surface area contributed by atoms with Crippen LogP contribution < -0.4 is 4.74 Å². The fourth-order valence-corrected chi connectivity index (χ4v) is 6.30. The number of amides is 3. The molecule has 3 aromatic carbocycles. The average Bonchev–Trinajstić information content (AvgIpc) is 3.66. The summed E-state index contributed by atoms with van der Waals surface area (Å²) >= 11 is 9.60. The van der Waals surface area contributed by atoms with Gasteiger partial charge in [-0.1, -0.05) is 51.8 Å². The van der Waals surface area contributed by atoms with E-state index < -0.39 is 47.9 Å². The van der Waals surface area contributed by atoms with Crippen molar-refractivity contribution in [3.8, 4) is 5.75 Å². The monoisotopic (exact) mass is 632 g/mol. The van der Waals surface area contributed by atoms with Gasteiger partial charge in [0.1, 0.15) is 12.3 Å². The maximum atomic E-state index is 13.7. The van der Waals surface area contributed by atoms with Gasteiger partial charge in [0.15, 0.2) is 5.78 Å². The maximum Gasteiger partial charge on any atom is 0.343 e. The van der Waals surface area contributed by atoms with Crippen LogP contribution in [0.3, 0.4) is 0 Å². The normalized spacial score (nSPS) is 22.1. The third-order valence-electron chi connectivity index (χ3n) is 7.79. The first-order valence-corrected chi connectivity index (χ1v) is 14.1. The van der Waals surface area contributed by atoms with E-state index in [9.17, 15) is 24.0 Å². The van der Waals surface area contributed by atoms with Gasteiger partial charge in [0, 0.05) is 10.0 Å². The van der Waals surface area contributed by atoms with Crippen molar-refractivity contribution < 1.29 is 28.7 Å². The molecule has 1 saturated carbocycles. The van der Waals surface area contributed by atoms with Crippen LogP contribution in [0.4, 0.5) is 0 Å². The molecule has 10 heteroatoms. The van der Waals surface area contributed by atoms with Crippen molar-refractivity contribution >= 4 is 57.0 Å². The number of imide groups is 1. The van der Waals surface area contributed by atoms with E-state index in [1.165, 1.54) is 36.4 Å². The van der Waals surface area contributed by atoms with E-state index in [0.29, 0.717) is 5.56 Å². The SMILES string of the molecule is O=C(CN(C(=O)c1ccccc1Cl)N1C(=O)[C@H]2[C@H](C1=O)[C@H]1C=C[C@H]2C1)c1ccc(OC(=O)c2ccc(Br)cc2)cc1. The van der Waals surface area contributed by atoms with Crippen LogP contribution in [0.1, 0.15) is 37.5 Å². The summed E-state index contributed by atoms with van der Waals surface area (Å²) in [6, 6.07) is 18.8. The zero-order valence-electron chi connectivity index (χ0n) is 21.4. The minimum absolute atomic E-state index is 0.0629. The zero-order chi connectivity index (χ0) is 28.8. The molecule has 2 fully saturated rings. The van der Waals surface area contributed by atoms with Gasteiger partial charge < -0.3 is 4.74 Å². The third-order valence-corrected chi connectivity index (χ3v) is 8.65. The van der Waals surface area contributed by atoms with Crippen LogP contribution in [-0.2, 0) is 9.59 Å².